The minimum atomic E-state index is -0.199. The molecule has 0 spiro atoms. The third-order valence-corrected chi connectivity index (χ3v) is 5.32. The number of carbonyl (C=O) groups is 1. The molecule has 0 saturated carbocycles. The lowest BCUT2D eigenvalue weighted by molar-refractivity contribution is 0.0940. The summed E-state index contributed by atoms with van der Waals surface area (Å²) in [4.78, 5) is 29.8. The van der Waals surface area contributed by atoms with Crippen molar-refractivity contribution in [1.82, 2.24) is 19.9 Å². The van der Waals surface area contributed by atoms with E-state index in [1.807, 2.05) is 39.0 Å². The second kappa shape index (κ2) is 8.30. The molecule has 0 aliphatic carbocycles. The smallest absolute Gasteiger partial charge is 0.275 e. The quantitative estimate of drug-likeness (QED) is 0.653. The number of rotatable bonds is 7. The summed E-state index contributed by atoms with van der Waals surface area (Å²) in [6.45, 7) is 6.34. The molecule has 142 valence electrons. The molecule has 7 nitrogen and oxygen atoms in total. The zero-order chi connectivity index (χ0) is 19.4. The van der Waals surface area contributed by atoms with E-state index in [4.69, 9.17) is 0 Å². The van der Waals surface area contributed by atoms with E-state index in [0.29, 0.717) is 28.5 Å². The van der Waals surface area contributed by atoms with Crippen LogP contribution in [0.2, 0.25) is 0 Å². The molecule has 2 heterocycles. The van der Waals surface area contributed by atoms with Crippen LogP contribution in [-0.2, 0) is 13.0 Å². The molecule has 8 heteroatoms. The number of aromatic nitrogens is 3. The van der Waals surface area contributed by atoms with E-state index in [1.165, 1.54) is 21.9 Å². The van der Waals surface area contributed by atoms with E-state index in [9.17, 15) is 9.59 Å². The van der Waals surface area contributed by atoms with E-state index in [2.05, 4.69) is 20.7 Å². The van der Waals surface area contributed by atoms with E-state index in [1.54, 1.807) is 6.07 Å². The van der Waals surface area contributed by atoms with Gasteiger partial charge in [0.2, 0.25) is 4.96 Å². The van der Waals surface area contributed by atoms with Gasteiger partial charge in [-0.2, -0.15) is 9.61 Å². The van der Waals surface area contributed by atoms with Gasteiger partial charge in [-0.25, -0.2) is 4.98 Å². The number of carbonyl (C=O) groups excluding carboxylic acids is 1. The predicted octanol–water partition coefficient (Wildman–Crippen LogP) is 2.85. The Balaban J connectivity index is 1.80. The highest BCUT2D eigenvalue weighted by Gasteiger charge is 2.13. The average Bonchev–Trinajstić information content (AvgIpc) is 3.10. The molecular formula is C19H23N5O2S. The average molecular weight is 385 g/mol. The summed E-state index contributed by atoms with van der Waals surface area (Å²) in [7, 11) is 0. The van der Waals surface area contributed by atoms with Crippen LogP contribution < -0.4 is 16.2 Å². The van der Waals surface area contributed by atoms with Crippen LogP contribution in [0.3, 0.4) is 0 Å². The van der Waals surface area contributed by atoms with Gasteiger partial charge in [0.05, 0.1) is 17.8 Å². The number of hydrogen-bond acceptors (Lipinski definition) is 6. The summed E-state index contributed by atoms with van der Waals surface area (Å²) < 4.78 is 1.33. The fourth-order valence-corrected chi connectivity index (χ4v) is 3.41. The molecule has 1 aromatic carbocycles. The topological polar surface area (TPSA) is 88.4 Å². The van der Waals surface area contributed by atoms with Crippen LogP contribution in [-0.4, -0.2) is 26.5 Å². The van der Waals surface area contributed by atoms with Crippen LogP contribution in [0.25, 0.3) is 4.96 Å². The fourth-order valence-electron chi connectivity index (χ4n) is 2.55. The summed E-state index contributed by atoms with van der Waals surface area (Å²) >= 11 is 1.41. The first-order chi connectivity index (χ1) is 13.0. The lowest BCUT2D eigenvalue weighted by Crippen LogP contribution is -2.32. The number of nitrogens with zero attached hydrogens (tertiary/aromatic N) is 3. The molecule has 3 aromatic rings. The number of aryl methyl sites for hydroxylation is 1. The largest absolute Gasteiger partial charge is 0.379 e. The van der Waals surface area contributed by atoms with Crippen LogP contribution in [0.1, 0.15) is 48.3 Å². The SMILES string of the molecule is CCc1nn2c(=O)cc(CNc3ccccc3C(=O)NC(C)CC)nc2s1. The molecular weight excluding hydrogens is 362 g/mol. The number of nitrogens with one attached hydrogen (secondary N) is 2. The van der Waals surface area contributed by atoms with E-state index in [-0.39, 0.29) is 17.5 Å². The summed E-state index contributed by atoms with van der Waals surface area (Å²) in [5.41, 5.74) is 1.69. The summed E-state index contributed by atoms with van der Waals surface area (Å²) in [5.74, 6) is -0.119. The van der Waals surface area contributed by atoms with Crippen molar-refractivity contribution in [3.8, 4) is 0 Å². The highest BCUT2D eigenvalue weighted by atomic mass is 32.1. The Bertz CT molecular complexity index is 1010. The van der Waals surface area contributed by atoms with Gasteiger partial charge in [-0.1, -0.05) is 37.3 Å². The third kappa shape index (κ3) is 4.33. The van der Waals surface area contributed by atoms with Gasteiger partial charge >= 0.3 is 0 Å². The molecule has 0 bridgehead atoms. The standard InChI is InChI=1S/C19H23N5O2S/c1-4-12(3)21-18(26)14-8-6-7-9-15(14)20-11-13-10-17(25)24-19(22-13)27-16(5-2)23-24/h6-10,12,20H,4-5,11H2,1-3H3,(H,21,26). The van der Waals surface area contributed by atoms with Crippen LogP contribution in [0, 0.1) is 0 Å². The number of para-hydroxylation sites is 1. The highest BCUT2D eigenvalue weighted by molar-refractivity contribution is 7.16. The lowest BCUT2D eigenvalue weighted by Gasteiger charge is -2.15. The maximum absolute atomic E-state index is 12.5. The van der Waals surface area contributed by atoms with Gasteiger partial charge in [-0.05, 0) is 31.9 Å². The van der Waals surface area contributed by atoms with Crippen molar-refractivity contribution >= 4 is 27.9 Å². The molecule has 0 saturated heterocycles. The maximum Gasteiger partial charge on any atom is 0.275 e. The minimum absolute atomic E-state index is 0.105. The summed E-state index contributed by atoms with van der Waals surface area (Å²) in [6.07, 6.45) is 1.63. The van der Waals surface area contributed by atoms with E-state index < -0.39 is 0 Å². The monoisotopic (exact) mass is 385 g/mol. The Labute approximate surface area is 161 Å². The van der Waals surface area contributed by atoms with Crippen molar-refractivity contribution in [2.45, 2.75) is 46.2 Å². The Morgan fingerprint density at radius 2 is 2.07 bits per heavy atom. The second-order valence-corrected chi connectivity index (χ2v) is 7.35. The van der Waals surface area contributed by atoms with Gasteiger partial charge < -0.3 is 10.6 Å². The van der Waals surface area contributed by atoms with Crippen molar-refractivity contribution in [2.24, 2.45) is 0 Å². The molecule has 0 radical (unpaired) electrons. The molecule has 1 amide bonds. The molecule has 2 aromatic heterocycles. The van der Waals surface area contributed by atoms with Gasteiger partial charge in [-0.15, -0.1) is 0 Å². The van der Waals surface area contributed by atoms with Gasteiger partial charge in [0.25, 0.3) is 11.5 Å². The molecule has 0 aliphatic heterocycles. The molecule has 2 N–H and O–H groups in total. The summed E-state index contributed by atoms with van der Waals surface area (Å²) in [6, 6.07) is 8.90. The van der Waals surface area contributed by atoms with Crippen LogP contribution in [0.5, 0.6) is 0 Å². The molecule has 0 aliphatic rings. The maximum atomic E-state index is 12.5. The number of amides is 1. The number of fused-ring (bicyclic) bond motifs is 1. The first-order valence-corrected chi connectivity index (χ1v) is 9.85. The Hall–Kier alpha value is -2.74. The zero-order valence-corrected chi connectivity index (χ0v) is 16.5. The third-order valence-electron chi connectivity index (χ3n) is 4.26. The zero-order valence-electron chi connectivity index (χ0n) is 15.7. The first-order valence-electron chi connectivity index (χ1n) is 9.04. The number of benzene rings is 1. The summed E-state index contributed by atoms with van der Waals surface area (Å²) in [5, 5.41) is 11.3. The van der Waals surface area contributed by atoms with Crippen molar-refractivity contribution in [3.63, 3.8) is 0 Å². The van der Waals surface area contributed by atoms with Crippen molar-refractivity contribution in [1.29, 1.82) is 0 Å². The minimum Gasteiger partial charge on any atom is -0.379 e. The molecule has 3 rings (SSSR count). The lowest BCUT2D eigenvalue weighted by atomic mass is 10.1. The number of hydrogen-bond donors (Lipinski definition) is 2. The molecule has 1 atom stereocenters. The van der Waals surface area contributed by atoms with Crippen LogP contribution in [0.4, 0.5) is 5.69 Å². The second-order valence-electron chi connectivity index (χ2n) is 6.31. The van der Waals surface area contributed by atoms with Gasteiger partial charge in [-0.3, -0.25) is 9.59 Å². The van der Waals surface area contributed by atoms with Crippen molar-refractivity contribution in [2.75, 3.05) is 5.32 Å². The Kier molecular flexibility index (Phi) is 5.85. The molecule has 27 heavy (non-hydrogen) atoms. The van der Waals surface area contributed by atoms with Gasteiger partial charge in [0, 0.05) is 17.8 Å². The first kappa shape index (κ1) is 19.0. The van der Waals surface area contributed by atoms with E-state index >= 15 is 0 Å². The van der Waals surface area contributed by atoms with Crippen LogP contribution in [0.15, 0.2) is 35.1 Å². The highest BCUT2D eigenvalue weighted by Crippen LogP contribution is 2.17. The predicted molar refractivity (Wildman–Crippen MR) is 107 cm³/mol. The van der Waals surface area contributed by atoms with Crippen molar-refractivity contribution in [3.05, 3.63) is 57.0 Å². The number of anilines is 1. The normalized spacial score (nSPS) is 12.1. The Morgan fingerprint density at radius 1 is 1.30 bits per heavy atom. The molecule has 1 unspecified atom stereocenters. The van der Waals surface area contributed by atoms with Gasteiger partial charge in [0.15, 0.2) is 0 Å². The Morgan fingerprint density at radius 3 is 2.81 bits per heavy atom. The fraction of sp³-hybridized carbons (Fsp3) is 0.368. The van der Waals surface area contributed by atoms with Crippen LogP contribution >= 0.6 is 11.3 Å². The van der Waals surface area contributed by atoms with Crippen molar-refractivity contribution < 1.29 is 4.79 Å². The van der Waals surface area contributed by atoms with Gasteiger partial charge in [0.1, 0.15) is 5.01 Å². The molecule has 0 fully saturated rings. The van der Waals surface area contributed by atoms with E-state index in [0.717, 1.165) is 17.8 Å².